The fourth-order valence-corrected chi connectivity index (χ4v) is 1.81. The maximum absolute atomic E-state index is 5.53. The normalized spacial score (nSPS) is 16.0. The molecule has 82 valence electrons. The summed E-state index contributed by atoms with van der Waals surface area (Å²) in [6, 6.07) is 0.330. The number of methoxy groups -OCH3 is 1. The first-order valence-corrected chi connectivity index (χ1v) is 5.11. The molecule has 2 atom stereocenters. The summed E-state index contributed by atoms with van der Waals surface area (Å²) in [5, 5.41) is 3.27. The number of terminal acetylenes is 1. The largest absolute Gasteiger partial charge is 0.379 e. The summed E-state index contributed by atoms with van der Waals surface area (Å²) in [6.07, 6.45) is 7.21. The third-order valence-electron chi connectivity index (χ3n) is 2.44. The van der Waals surface area contributed by atoms with E-state index in [0.717, 1.165) is 12.8 Å². The standard InChI is InChI=1S/C12H23NO/c1-7-8-9-10(13-5)11(14-6)12(2,3)4/h1,10-11,13H,8-9H2,2-6H3. The second-order valence-corrected chi connectivity index (χ2v) is 4.66. The molecule has 0 bridgehead atoms. The van der Waals surface area contributed by atoms with Gasteiger partial charge in [0.15, 0.2) is 0 Å². The van der Waals surface area contributed by atoms with Crippen molar-refractivity contribution < 1.29 is 4.74 Å². The Bertz CT molecular complexity index is 187. The van der Waals surface area contributed by atoms with Crippen LogP contribution in [0.25, 0.3) is 0 Å². The Labute approximate surface area is 88.4 Å². The van der Waals surface area contributed by atoms with Crippen molar-refractivity contribution in [2.45, 2.75) is 45.8 Å². The fourth-order valence-electron chi connectivity index (χ4n) is 1.81. The lowest BCUT2D eigenvalue weighted by molar-refractivity contribution is -0.0109. The van der Waals surface area contributed by atoms with Crippen LogP contribution in [0.2, 0.25) is 0 Å². The van der Waals surface area contributed by atoms with Crippen LogP contribution in [0.4, 0.5) is 0 Å². The molecule has 2 nitrogen and oxygen atoms in total. The maximum atomic E-state index is 5.53. The summed E-state index contributed by atoms with van der Waals surface area (Å²) >= 11 is 0. The molecule has 14 heavy (non-hydrogen) atoms. The highest BCUT2D eigenvalue weighted by Crippen LogP contribution is 2.26. The van der Waals surface area contributed by atoms with Crippen molar-refractivity contribution in [3.63, 3.8) is 0 Å². The van der Waals surface area contributed by atoms with Gasteiger partial charge in [-0.2, -0.15) is 0 Å². The van der Waals surface area contributed by atoms with Crippen LogP contribution in [0.1, 0.15) is 33.6 Å². The highest BCUT2D eigenvalue weighted by molar-refractivity contribution is 4.91. The van der Waals surface area contributed by atoms with E-state index in [9.17, 15) is 0 Å². The van der Waals surface area contributed by atoms with Gasteiger partial charge in [0.25, 0.3) is 0 Å². The zero-order valence-corrected chi connectivity index (χ0v) is 10.1. The molecular formula is C12H23NO. The van der Waals surface area contributed by atoms with E-state index in [0.29, 0.717) is 6.04 Å². The van der Waals surface area contributed by atoms with Gasteiger partial charge in [0.05, 0.1) is 6.10 Å². The minimum absolute atomic E-state index is 0.136. The number of likely N-dealkylation sites (N-methyl/N-ethyl adjacent to an activating group) is 1. The molecule has 0 spiro atoms. The monoisotopic (exact) mass is 197 g/mol. The van der Waals surface area contributed by atoms with Crippen LogP contribution in [-0.2, 0) is 4.74 Å². The summed E-state index contributed by atoms with van der Waals surface area (Å²) in [4.78, 5) is 0. The Balaban J connectivity index is 4.39. The van der Waals surface area contributed by atoms with Gasteiger partial charge >= 0.3 is 0 Å². The molecule has 0 saturated heterocycles. The minimum Gasteiger partial charge on any atom is -0.379 e. The van der Waals surface area contributed by atoms with E-state index in [1.165, 1.54) is 0 Å². The van der Waals surface area contributed by atoms with E-state index in [-0.39, 0.29) is 11.5 Å². The molecule has 0 fully saturated rings. The molecule has 0 aromatic rings. The molecule has 0 rings (SSSR count). The highest BCUT2D eigenvalue weighted by atomic mass is 16.5. The van der Waals surface area contributed by atoms with Crippen molar-refractivity contribution in [3.05, 3.63) is 0 Å². The second-order valence-electron chi connectivity index (χ2n) is 4.66. The Morgan fingerprint density at radius 3 is 2.29 bits per heavy atom. The molecule has 2 heteroatoms. The molecule has 1 N–H and O–H groups in total. The topological polar surface area (TPSA) is 21.3 Å². The van der Waals surface area contributed by atoms with E-state index in [1.54, 1.807) is 7.11 Å². The molecule has 0 aliphatic heterocycles. The van der Waals surface area contributed by atoms with Gasteiger partial charge in [-0.3, -0.25) is 0 Å². The average Bonchev–Trinajstić information content (AvgIpc) is 2.09. The summed E-state index contributed by atoms with van der Waals surface area (Å²) in [7, 11) is 3.72. The molecule has 0 aliphatic carbocycles. The minimum atomic E-state index is 0.136. The first-order valence-electron chi connectivity index (χ1n) is 5.11. The first kappa shape index (κ1) is 13.5. The smallest absolute Gasteiger partial charge is 0.0772 e. The van der Waals surface area contributed by atoms with Gasteiger partial charge < -0.3 is 10.1 Å². The van der Waals surface area contributed by atoms with E-state index in [4.69, 9.17) is 11.2 Å². The van der Waals surface area contributed by atoms with Gasteiger partial charge in [-0.1, -0.05) is 20.8 Å². The van der Waals surface area contributed by atoms with Crippen LogP contribution in [0.15, 0.2) is 0 Å². The van der Waals surface area contributed by atoms with Gasteiger partial charge in [0.1, 0.15) is 0 Å². The number of hydrogen-bond donors (Lipinski definition) is 1. The average molecular weight is 197 g/mol. The Kier molecular flexibility index (Phi) is 5.83. The van der Waals surface area contributed by atoms with Gasteiger partial charge in [0.2, 0.25) is 0 Å². The molecule has 0 aromatic heterocycles. The fraction of sp³-hybridized carbons (Fsp3) is 0.833. The molecule has 0 aromatic carbocycles. The van der Waals surface area contributed by atoms with Gasteiger partial charge in [0, 0.05) is 19.6 Å². The summed E-state index contributed by atoms with van der Waals surface area (Å²) < 4.78 is 5.53. The third kappa shape index (κ3) is 4.13. The van der Waals surface area contributed by atoms with E-state index in [1.807, 2.05) is 7.05 Å². The lowest BCUT2D eigenvalue weighted by atomic mass is 9.83. The van der Waals surface area contributed by atoms with Crippen molar-refractivity contribution in [2.24, 2.45) is 5.41 Å². The lowest BCUT2D eigenvalue weighted by Gasteiger charge is -2.35. The highest BCUT2D eigenvalue weighted by Gasteiger charge is 2.30. The predicted molar refractivity (Wildman–Crippen MR) is 61.2 cm³/mol. The van der Waals surface area contributed by atoms with Crippen molar-refractivity contribution in [1.82, 2.24) is 5.32 Å². The van der Waals surface area contributed by atoms with E-state index in [2.05, 4.69) is 32.0 Å². The SMILES string of the molecule is C#CCCC(NC)C(OC)C(C)(C)C. The molecule has 0 aliphatic rings. The van der Waals surface area contributed by atoms with Gasteiger partial charge in [-0.25, -0.2) is 0 Å². The zero-order chi connectivity index (χ0) is 11.2. The maximum Gasteiger partial charge on any atom is 0.0772 e. The Morgan fingerprint density at radius 2 is 2.00 bits per heavy atom. The summed E-state index contributed by atoms with van der Waals surface area (Å²) in [5.74, 6) is 2.67. The summed E-state index contributed by atoms with van der Waals surface area (Å²) in [5.41, 5.74) is 0.136. The van der Waals surface area contributed by atoms with Crippen LogP contribution >= 0.6 is 0 Å². The van der Waals surface area contributed by atoms with Crippen molar-refractivity contribution >= 4 is 0 Å². The number of hydrogen-bond acceptors (Lipinski definition) is 2. The van der Waals surface area contributed by atoms with Crippen molar-refractivity contribution in [2.75, 3.05) is 14.2 Å². The second kappa shape index (κ2) is 6.06. The third-order valence-corrected chi connectivity index (χ3v) is 2.44. The molecule has 0 saturated carbocycles. The molecular weight excluding hydrogens is 174 g/mol. The Hall–Kier alpha value is -0.520. The van der Waals surface area contributed by atoms with Gasteiger partial charge in [-0.15, -0.1) is 12.3 Å². The van der Waals surface area contributed by atoms with E-state index < -0.39 is 0 Å². The zero-order valence-electron chi connectivity index (χ0n) is 10.1. The number of ether oxygens (including phenoxy) is 1. The molecule has 2 unspecified atom stereocenters. The van der Waals surface area contributed by atoms with Crippen molar-refractivity contribution in [1.29, 1.82) is 0 Å². The van der Waals surface area contributed by atoms with E-state index >= 15 is 0 Å². The summed E-state index contributed by atoms with van der Waals surface area (Å²) in [6.45, 7) is 6.55. The van der Waals surface area contributed by atoms with Crippen molar-refractivity contribution in [3.8, 4) is 12.3 Å². The Morgan fingerprint density at radius 1 is 1.43 bits per heavy atom. The molecule has 0 heterocycles. The number of rotatable bonds is 5. The van der Waals surface area contributed by atoms with Crippen LogP contribution < -0.4 is 5.32 Å². The van der Waals surface area contributed by atoms with Gasteiger partial charge in [-0.05, 0) is 18.9 Å². The van der Waals surface area contributed by atoms with Crippen LogP contribution in [0.5, 0.6) is 0 Å². The predicted octanol–water partition coefficient (Wildman–Crippen LogP) is 2.05. The molecule has 0 amide bonds. The molecule has 0 radical (unpaired) electrons. The van der Waals surface area contributed by atoms with Crippen LogP contribution in [-0.4, -0.2) is 26.3 Å². The number of nitrogens with one attached hydrogen (secondary N) is 1. The van der Waals surface area contributed by atoms with Crippen LogP contribution in [0.3, 0.4) is 0 Å². The van der Waals surface area contributed by atoms with Crippen LogP contribution in [0, 0.1) is 17.8 Å². The first-order chi connectivity index (χ1) is 6.47. The quantitative estimate of drug-likeness (QED) is 0.681. The lowest BCUT2D eigenvalue weighted by Crippen LogP contribution is -2.46.